The van der Waals surface area contributed by atoms with Crippen molar-refractivity contribution in [2.24, 2.45) is 9.98 Å². The molecule has 2 amide bonds. The first-order valence-corrected chi connectivity index (χ1v) is 4.38. The SMILES string of the molecule is O=C1N=c2cc([N+](=O)[O-])c([N+](=O)[O-])cc2=NC1=O. The van der Waals surface area contributed by atoms with Gasteiger partial charge in [-0.05, 0) is 0 Å². The van der Waals surface area contributed by atoms with Crippen LogP contribution in [0.5, 0.6) is 0 Å². The second-order valence-corrected chi connectivity index (χ2v) is 3.18. The molecule has 0 atom stereocenters. The van der Waals surface area contributed by atoms with Crippen LogP contribution in [0.3, 0.4) is 0 Å². The lowest BCUT2D eigenvalue weighted by atomic mass is 10.2. The van der Waals surface area contributed by atoms with Crippen molar-refractivity contribution in [1.82, 2.24) is 0 Å². The Morgan fingerprint density at radius 1 is 0.833 bits per heavy atom. The maximum Gasteiger partial charge on any atom is 0.348 e. The van der Waals surface area contributed by atoms with Gasteiger partial charge in [-0.25, -0.2) is 9.98 Å². The predicted octanol–water partition coefficient (Wildman–Crippen LogP) is -1.19. The lowest BCUT2D eigenvalue weighted by Crippen LogP contribution is -2.34. The Kier molecular flexibility index (Phi) is 2.39. The van der Waals surface area contributed by atoms with Gasteiger partial charge in [-0.2, -0.15) is 0 Å². The number of fused-ring (bicyclic) bond motifs is 1. The number of hydrogen-bond acceptors (Lipinski definition) is 6. The van der Waals surface area contributed by atoms with E-state index in [2.05, 4.69) is 9.98 Å². The van der Waals surface area contributed by atoms with Crippen molar-refractivity contribution in [1.29, 1.82) is 0 Å². The van der Waals surface area contributed by atoms with Gasteiger partial charge >= 0.3 is 23.2 Å². The summed E-state index contributed by atoms with van der Waals surface area (Å²) in [7, 11) is 0. The quantitative estimate of drug-likeness (QED) is 0.366. The smallest absolute Gasteiger partial charge is 0.261 e. The zero-order valence-corrected chi connectivity index (χ0v) is 8.39. The summed E-state index contributed by atoms with van der Waals surface area (Å²) in [4.78, 5) is 47.7. The second-order valence-electron chi connectivity index (χ2n) is 3.18. The summed E-state index contributed by atoms with van der Waals surface area (Å²) in [6.07, 6.45) is 0. The Bertz CT molecular complexity index is 674. The molecule has 1 aromatic carbocycles. The summed E-state index contributed by atoms with van der Waals surface area (Å²) in [5, 5.41) is 20.8. The fourth-order valence-corrected chi connectivity index (χ4v) is 1.34. The number of hydrogen-bond donors (Lipinski definition) is 0. The van der Waals surface area contributed by atoms with E-state index in [1.165, 1.54) is 0 Å². The van der Waals surface area contributed by atoms with Crippen LogP contribution < -0.4 is 10.7 Å². The van der Waals surface area contributed by atoms with Crippen molar-refractivity contribution in [2.45, 2.75) is 0 Å². The highest BCUT2D eigenvalue weighted by Crippen LogP contribution is 2.22. The number of nitro benzene ring substituents is 2. The van der Waals surface area contributed by atoms with E-state index in [-0.39, 0.29) is 10.7 Å². The molecule has 0 N–H and O–H groups in total. The molecule has 2 rings (SSSR count). The molecule has 1 aliphatic rings. The van der Waals surface area contributed by atoms with Crippen molar-refractivity contribution in [3.63, 3.8) is 0 Å². The van der Waals surface area contributed by atoms with Gasteiger partial charge in [0.2, 0.25) is 0 Å². The first kappa shape index (κ1) is 11.4. The fourth-order valence-electron chi connectivity index (χ4n) is 1.34. The van der Waals surface area contributed by atoms with Crippen molar-refractivity contribution in [3.05, 3.63) is 43.1 Å². The van der Waals surface area contributed by atoms with Crippen molar-refractivity contribution in [2.75, 3.05) is 0 Å². The van der Waals surface area contributed by atoms with E-state index in [1.807, 2.05) is 0 Å². The standard InChI is InChI=1S/C8H2N4O6/c13-7-8(14)10-4-2-6(12(17)18)5(11(15)16)1-3(4)9-7/h1-2H. The van der Waals surface area contributed by atoms with E-state index in [9.17, 15) is 29.8 Å². The van der Waals surface area contributed by atoms with Gasteiger partial charge in [-0.15, -0.1) is 0 Å². The van der Waals surface area contributed by atoms with Crippen LogP contribution in [0, 0.1) is 20.2 Å². The minimum Gasteiger partial charge on any atom is -0.261 e. The lowest BCUT2D eigenvalue weighted by Gasteiger charge is -1.98. The molecule has 0 saturated carbocycles. The topological polar surface area (TPSA) is 145 Å². The second kappa shape index (κ2) is 3.76. The monoisotopic (exact) mass is 250 g/mol. The van der Waals surface area contributed by atoms with Gasteiger partial charge < -0.3 is 0 Å². The molecule has 1 aliphatic heterocycles. The molecule has 10 nitrogen and oxygen atoms in total. The van der Waals surface area contributed by atoms with E-state index in [0.717, 1.165) is 12.1 Å². The molecule has 0 unspecified atom stereocenters. The molecule has 1 heterocycles. The molecule has 0 aromatic heterocycles. The highest BCUT2D eigenvalue weighted by molar-refractivity contribution is 6.36. The van der Waals surface area contributed by atoms with Gasteiger partial charge in [0, 0.05) is 0 Å². The number of carbonyl (C=O) groups is 2. The molecule has 0 radical (unpaired) electrons. The van der Waals surface area contributed by atoms with Crippen LogP contribution in [0.2, 0.25) is 0 Å². The number of nitrogens with zero attached hydrogens (tertiary/aromatic N) is 4. The summed E-state index contributed by atoms with van der Waals surface area (Å²) in [5.41, 5.74) is -1.64. The lowest BCUT2D eigenvalue weighted by molar-refractivity contribution is -0.422. The molecule has 0 saturated heterocycles. The molecular formula is C8H2N4O6. The summed E-state index contributed by atoms with van der Waals surface area (Å²) in [5.74, 6) is -2.35. The first-order valence-electron chi connectivity index (χ1n) is 4.38. The average Bonchev–Trinajstić information content (AvgIpc) is 2.28. The van der Waals surface area contributed by atoms with Crippen molar-refractivity contribution in [3.8, 4) is 0 Å². The first-order chi connectivity index (χ1) is 8.40. The fraction of sp³-hybridized carbons (Fsp3) is 0. The highest BCUT2D eigenvalue weighted by Gasteiger charge is 2.27. The molecule has 90 valence electrons. The molecule has 0 fully saturated rings. The van der Waals surface area contributed by atoms with E-state index < -0.39 is 33.0 Å². The van der Waals surface area contributed by atoms with Crippen LogP contribution in [-0.4, -0.2) is 21.7 Å². The summed E-state index contributed by atoms with van der Waals surface area (Å²) in [6.45, 7) is 0. The molecular weight excluding hydrogens is 248 g/mol. The van der Waals surface area contributed by atoms with Gasteiger partial charge in [0.1, 0.15) is 10.7 Å². The number of rotatable bonds is 2. The van der Waals surface area contributed by atoms with Crippen molar-refractivity contribution < 1.29 is 19.4 Å². The average molecular weight is 250 g/mol. The van der Waals surface area contributed by atoms with Crippen LogP contribution >= 0.6 is 0 Å². The van der Waals surface area contributed by atoms with Gasteiger partial charge in [0.25, 0.3) is 0 Å². The number of amides is 2. The third-order valence-electron chi connectivity index (χ3n) is 2.09. The van der Waals surface area contributed by atoms with Gasteiger partial charge in [-0.1, -0.05) is 0 Å². The van der Waals surface area contributed by atoms with Gasteiger partial charge in [0.05, 0.1) is 22.0 Å². The van der Waals surface area contributed by atoms with E-state index in [4.69, 9.17) is 0 Å². The number of carbonyl (C=O) groups excluding carboxylic acids is 2. The Morgan fingerprint density at radius 2 is 1.17 bits per heavy atom. The van der Waals surface area contributed by atoms with Gasteiger partial charge in [-0.3, -0.25) is 29.8 Å². The van der Waals surface area contributed by atoms with Gasteiger partial charge in [0.15, 0.2) is 0 Å². The Morgan fingerprint density at radius 3 is 1.44 bits per heavy atom. The third-order valence-corrected chi connectivity index (χ3v) is 2.09. The largest absolute Gasteiger partial charge is 0.348 e. The zero-order chi connectivity index (χ0) is 13.4. The van der Waals surface area contributed by atoms with Crippen molar-refractivity contribution >= 4 is 23.2 Å². The molecule has 1 aromatic rings. The normalized spacial score (nSPS) is 13.3. The van der Waals surface area contributed by atoms with Crippen LogP contribution in [-0.2, 0) is 9.59 Å². The molecule has 10 heteroatoms. The third kappa shape index (κ3) is 1.71. The van der Waals surface area contributed by atoms with E-state index in [0.29, 0.717) is 0 Å². The van der Waals surface area contributed by atoms with E-state index in [1.54, 1.807) is 0 Å². The Hall–Kier alpha value is -3.04. The van der Waals surface area contributed by atoms with Crippen LogP contribution in [0.4, 0.5) is 11.4 Å². The zero-order valence-electron chi connectivity index (χ0n) is 8.39. The highest BCUT2D eigenvalue weighted by atomic mass is 16.6. The molecule has 0 bridgehead atoms. The van der Waals surface area contributed by atoms with Crippen LogP contribution in [0.1, 0.15) is 0 Å². The predicted molar refractivity (Wildman–Crippen MR) is 52.1 cm³/mol. The maximum absolute atomic E-state index is 10.9. The number of benzene rings is 1. The molecule has 0 spiro atoms. The minimum absolute atomic E-state index is 0.239. The Balaban J connectivity index is 2.88. The maximum atomic E-state index is 10.9. The minimum atomic E-state index is -1.18. The van der Waals surface area contributed by atoms with Crippen LogP contribution in [0.25, 0.3) is 0 Å². The van der Waals surface area contributed by atoms with Crippen LogP contribution in [0.15, 0.2) is 22.1 Å². The molecule has 0 aliphatic carbocycles. The summed E-state index contributed by atoms with van der Waals surface area (Å²) in [6, 6.07) is 1.47. The number of nitro groups is 2. The summed E-state index contributed by atoms with van der Waals surface area (Å²) >= 11 is 0. The summed E-state index contributed by atoms with van der Waals surface area (Å²) < 4.78 is 0. The Labute approximate surface area is 96.6 Å². The molecule has 18 heavy (non-hydrogen) atoms. The van der Waals surface area contributed by atoms with E-state index >= 15 is 0 Å².